The van der Waals surface area contributed by atoms with Crippen LogP contribution < -0.4 is 5.32 Å². The van der Waals surface area contributed by atoms with Crippen LogP contribution in [-0.4, -0.2) is 29.4 Å². The average Bonchev–Trinajstić information content (AvgIpc) is 2.93. The number of amides is 1. The number of hydrogen-bond donors (Lipinski definition) is 1. The van der Waals surface area contributed by atoms with Crippen molar-refractivity contribution >= 4 is 5.91 Å². The maximum atomic E-state index is 13.1. The highest BCUT2D eigenvalue weighted by molar-refractivity contribution is 5.79. The maximum Gasteiger partial charge on any atom is 0.235 e. The van der Waals surface area contributed by atoms with Gasteiger partial charge < -0.3 is 5.32 Å². The Labute approximate surface area is 149 Å². The van der Waals surface area contributed by atoms with Crippen molar-refractivity contribution in [2.24, 2.45) is 0 Å². The van der Waals surface area contributed by atoms with Crippen molar-refractivity contribution in [2.45, 2.75) is 62.9 Å². The second-order valence-corrected chi connectivity index (χ2v) is 7.34. The molecule has 1 aromatic carbocycles. The van der Waals surface area contributed by atoms with Crippen LogP contribution in [0, 0.1) is 17.1 Å². The molecule has 1 aliphatic carbocycles. The van der Waals surface area contributed by atoms with Crippen molar-refractivity contribution in [3.63, 3.8) is 0 Å². The Morgan fingerprint density at radius 2 is 1.88 bits per heavy atom. The SMILES string of the molecule is N#CC1(NC(=O)CN2CCCC2c2ccc(F)cc2)CCCCCC1. The van der Waals surface area contributed by atoms with Crippen molar-refractivity contribution in [2.75, 3.05) is 13.1 Å². The molecule has 1 saturated carbocycles. The van der Waals surface area contributed by atoms with Gasteiger partial charge in [-0.15, -0.1) is 0 Å². The molecule has 0 aromatic heterocycles. The molecule has 1 aromatic rings. The number of halogens is 1. The van der Waals surface area contributed by atoms with E-state index in [1.165, 1.54) is 12.1 Å². The molecule has 2 aliphatic rings. The van der Waals surface area contributed by atoms with Crippen molar-refractivity contribution in [3.8, 4) is 6.07 Å². The van der Waals surface area contributed by atoms with Gasteiger partial charge in [0.05, 0.1) is 12.6 Å². The third-order valence-electron chi connectivity index (χ3n) is 5.51. The number of carbonyl (C=O) groups excluding carboxylic acids is 1. The number of rotatable bonds is 4. The average molecular weight is 343 g/mol. The fraction of sp³-hybridized carbons (Fsp3) is 0.600. The summed E-state index contributed by atoms with van der Waals surface area (Å²) in [4.78, 5) is 14.8. The molecule has 1 saturated heterocycles. The lowest BCUT2D eigenvalue weighted by Gasteiger charge is -2.29. The van der Waals surface area contributed by atoms with Crippen molar-refractivity contribution in [1.82, 2.24) is 10.2 Å². The summed E-state index contributed by atoms with van der Waals surface area (Å²) in [6.07, 6.45) is 7.76. The Kier molecular flexibility index (Phi) is 5.70. The van der Waals surface area contributed by atoms with Crippen LogP contribution in [0.25, 0.3) is 0 Å². The van der Waals surface area contributed by atoms with Crippen LogP contribution in [0.2, 0.25) is 0 Å². The molecule has 1 heterocycles. The molecular formula is C20H26FN3O. The molecular weight excluding hydrogens is 317 g/mol. The third kappa shape index (κ3) is 4.38. The topological polar surface area (TPSA) is 56.1 Å². The largest absolute Gasteiger partial charge is 0.337 e. The van der Waals surface area contributed by atoms with Gasteiger partial charge in [0.25, 0.3) is 0 Å². The Morgan fingerprint density at radius 3 is 2.52 bits per heavy atom. The molecule has 1 amide bonds. The molecule has 1 unspecified atom stereocenters. The Hall–Kier alpha value is -1.93. The highest BCUT2D eigenvalue weighted by Crippen LogP contribution is 2.32. The second-order valence-electron chi connectivity index (χ2n) is 7.34. The Bertz CT molecular complexity index is 629. The predicted octanol–water partition coefficient (Wildman–Crippen LogP) is 3.70. The number of nitrogens with zero attached hydrogens (tertiary/aromatic N) is 2. The lowest BCUT2D eigenvalue weighted by molar-refractivity contribution is -0.124. The van der Waals surface area contributed by atoms with E-state index in [1.807, 2.05) is 0 Å². The van der Waals surface area contributed by atoms with Crippen LogP contribution in [-0.2, 0) is 4.79 Å². The molecule has 0 spiro atoms. The van der Waals surface area contributed by atoms with Crippen molar-refractivity contribution in [3.05, 3.63) is 35.6 Å². The summed E-state index contributed by atoms with van der Waals surface area (Å²) in [6.45, 7) is 1.15. The second kappa shape index (κ2) is 7.97. The molecule has 25 heavy (non-hydrogen) atoms. The standard InChI is InChI=1S/C20H26FN3O/c21-17-9-7-16(8-10-17)18-6-5-13-24(18)14-19(25)23-20(15-22)11-3-1-2-4-12-20/h7-10,18H,1-6,11-14H2,(H,23,25). The summed E-state index contributed by atoms with van der Waals surface area (Å²) < 4.78 is 13.1. The zero-order valence-electron chi connectivity index (χ0n) is 14.6. The molecule has 5 heteroatoms. The Morgan fingerprint density at radius 1 is 1.20 bits per heavy atom. The summed E-state index contributed by atoms with van der Waals surface area (Å²) in [5.74, 6) is -0.312. The van der Waals surface area contributed by atoms with E-state index in [0.29, 0.717) is 6.54 Å². The van der Waals surface area contributed by atoms with Crippen LogP contribution >= 0.6 is 0 Å². The first-order chi connectivity index (χ1) is 12.1. The molecule has 4 nitrogen and oxygen atoms in total. The molecule has 1 atom stereocenters. The van der Waals surface area contributed by atoms with Gasteiger partial charge >= 0.3 is 0 Å². The number of carbonyl (C=O) groups is 1. The van der Waals surface area contributed by atoms with Crippen LogP contribution in [0.3, 0.4) is 0 Å². The van der Waals surface area contributed by atoms with Gasteiger partial charge in [-0.1, -0.05) is 37.8 Å². The van der Waals surface area contributed by atoms with Gasteiger partial charge in [-0.05, 0) is 49.9 Å². The normalized spacial score (nSPS) is 23.6. The molecule has 2 fully saturated rings. The van der Waals surface area contributed by atoms with E-state index in [2.05, 4.69) is 16.3 Å². The Balaban J connectivity index is 1.63. The quantitative estimate of drug-likeness (QED) is 0.848. The number of nitrogens with one attached hydrogen (secondary N) is 1. The van der Waals surface area contributed by atoms with E-state index < -0.39 is 5.54 Å². The highest BCUT2D eigenvalue weighted by Gasteiger charge is 2.34. The molecule has 134 valence electrons. The van der Waals surface area contributed by atoms with Gasteiger partial charge in [-0.25, -0.2) is 4.39 Å². The van der Waals surface area contributed by atoms with E-state index in [9.17, 15) is 14.4 Å². The summed E-state index contributed by atoms with van der Waals surface area (Å²) >= 11 is 0. The lowest BCUT2D eigenvalue weighted by Crippen LogP contribution is -2.50. The zero-order valence-corrected chi connectivity index (χ0v) is 14.6. The van der Waals surface area contributed by atoms with E-state index in [0.717, 1.165) is 63.5 Å². The minimum atomic E-state index is -0.696. The highest BCUT2D eigenvalue weighted by atomic mass is 19.1. The molecule has 1 aliphatic heterocycles. The first-order valence-electron chi connectivity index (χ1n) is 9.34. The smallest absolute Gasteiger partial charge is 0.235 e. The molecule has 3 rings (SSSR count). The minimum Gasteiger partial charge on any atom is -0.337 e. The van der Waals surface area contributed by atoms with E-state index in [1.54, 1.807) is 12.1 Å². The number of benzene rings is 1. The van der Waals surface area contributed by atoms with Crippen LogP contribution in [0.5, 0.6) is 0 Å². The van der Waals surface area contributed by atoms with Gasteiger partial charge in [0, 0.05) is 6.04 Å². The monoisotopic (exact) mass is 343 g/mol. The maximum absolute atomic E-state index is 13.1. The summed E-state index contributed by atoms with van der Waals surface area (Å²) in [5, 5.41) is 12.6. The van der Waals surface area contributed by atoms with E-state index in [-0.39, 0.29) is 17.8 Å². The van der Waals surface area contributed by atoms with Gasteiger partial charge in [0.1, 0.15) is 11.4 Å². The van der Waals surface area contributed by atoms with E-state index in [4.69, 9.17) is 0 Å². The molecule has 0 bridgehead atoms. The summed E-state index contributed by atoms with van der Waals surface area (Å²) in [5.41, 5.74) is 0.356. The van der Waals surface area contributed by atoms with Gasteiger partial charge in [0.2, 0.25) is 5.91 Å². The molecule has 1 N–H and O–H groups in total. The van der Waals surface area contributed by atoms with Crippen LogP contribution in [0.15, 0.2) is 24.3 Å². The fourth-order valence-electron chi connectivity index (χ4n) is 4.17. The number of likely N-dealkylation sites (tertiary alicyclic amines) is 1. The van der Waals surface area contributed by atoms with Gasteiger partial charge in [-0.3, -0.25) is 9.69 Å². The van der Waals surface area contributed by atoms with Gasteiger partial charge in [-0.2, -0.15) is 5.26 Å². The third-order valence-corrected chi connectivity index (χ3v) is 5.51. The zero-order chi connectivity index (χ0) is 17.7. The van der Waals surface area contributed by atoms with Crippen LogP contribution in [0.1, 0.15) is 63.0 Å². The van der Waals surface area contributed by atoms with Crippen molar-refractivity contribution in [1.29, 1.82) is 5.26 Å². The summed E-state index contributed by atoms with van der Waals surface area (Å²) in [6, 6.07) is 9.08. The van der Waals surface area contributed by atoms with Crippen molar-refractivity contribution < 1.29 is 9.18 Å². The van der Waals surface area contributed by atoms with Gasteiger partial charge in [0.15, 0.2) is 0 Å². The number of nitriles is 1. The first-order valence-corrected chi connectivity index (χ1v) is 9.34. The lowest BCUT2D eigenvalue weighted by atomic mass is 9.92. The van der Waals surface area contributed by atoms with E-state index >= 15 is 0 Å². The first kappa shape index (κ1) is 17.9. The van der Waals surface area contributed by atoms with Crippen LogP contribution in [0.4, 0.5) is 4.39 Å². The number of hydrogen-bond acceptors (Lipinski definition) is 3. The summed E-state index contributed by atoms with van der Waals surface area (Å²) in [7, 11) is 0. The fourth-order valence-corrected chi connectivity index (χ4v) is 4.17. The predicted molar refractivity (Wildman–Crippen MR) is 94.1 cm³/mol. The minimum absolute atomic E-state index is 0.0718. The molecule has 0 radical (unpaired) electrons.